The van der Waals surface area contributed by atoms with Gasteiger partial charge in [0, 0.05) is 0 Å². The molecular weight excluding hydrogens is 332 g/mol. The monoisotopic (exact) mass is 350 g/mol. The first kappa shape index (κ1) is 18.2. The van der Waals surface area contributed by atoms with E-state index in [1.165, 1.54) is 0 Å². The zero-order chi connectivity index (χ0) is 13.7. The van der Waals surface area contributed by atoms with Gasteiger partial charge >= 0.3 is 0 Å². The lowest BCUT2D eigenvalue weighted by Crippen LogP contribution is -2.41. The number of halogens is 2. The average molecular weight is 352 g/mol. The smallest absolute Gasteiger partial charge is 0.237 e. The van der Waals surface area contributed by atoms with Crippen molar-refractivity contribution in [3.8, 4) is 5.75 Å². The van der Waals surface area contributed by atoms with Crippen molar-refractivity contribution in [3.05, 3.63) is 28.2 Å². The van der Waals surface area contributed by atoms with Crippen molar-refractivity contribution in [2.45, 2.75) is 32.4 Å². The van der Waals surface area contributed by atoms with Gasteiger partial charge in [0.05, 0.1) is 23.7 Å². The van der Waals surface area contributed by atoms with E-state index in [0.29, 0.717) is 6.42 Å². The Bertz CT molecular complexity index is 429. The number of amides is 1. The van der Waals surface area contributed by atoms with Crippen LogP contribution < -0.4 is 15.8 Å². The average Bonchev–Trinajstić information content (AvgIpc) is 2.37. The molecule has 3 N–H and O–H groups in total. The van der Waals surface area contributed by atoms with E-state index in [1.807, 2.05) is 32.0 Å². The maximum atomic E-state index is 11.7. The van der Waals surface area contributed by atoms with Gasteiger partial charge in [-0.05, 0) is 47.0 Å². The number of nitrogens with one attached hydrogen (secondary N) is 1. The summed E-state index contributed by atoms with van der Waals surface area (Å²) in [5.74, 6) is 0.638. The Balaban J connectivity index is 0.00000324. The maximum Gasteiger partial charge on any atom is 0.237 e. The number of benzene rings is 1. The van der Waals surface area contributed by atoms with Crippen LogP contribution in [0.1, 0.15) is 31.9 Å². The summed E-state index contributed by atoms with van der Waals surface area (Å²) in [5, 5.41) is 2.89. The fourth-order valence-electron chi connectivity index (χ4n) is 1.54. The standard InChI is InChI=1S/C13H19BrN2O2.ClH/c1-4-11(15)13(17)16-8(2)9-5-6-12(18-3)10(14)7-9;/h5-8,11H,4,15H2,1-3H3,(H,16,17);1H/t8?,11-;/m0./s1. The summed E-state index contributed by atoms with van der Waals surface area (Å²) < 4.78 is 6.03. The summed E-state index contributed by atoms with van der Waals surface area (Å²) in [4.78, 5) is 11.7. The number of carbonyl (C=O) groups is 1. The molecule has 4 nitrogen and oxygen atoms in total. The van der Waals surface area contributed by atoms with E-state index in [9.17, 15) is 4.79 Å². The molecule has 6 heteroatoms. The molecule has 1 unspecified atom stereocenters. The molecule has 0 fully saturated rings. The Morgan fingerprint density at radius 2 is 2.16 bits per heavy atom. The van der Waals surface area contributed by atoms with Crippen LogP contribution in [-0.2, 0) is 4.79 Å². The number of hydrogen-bond acceptors (Lipinski definition) is 3. The van der Waals surface area contributed by atoms with Gasteiger partial charge in [-0.25, -0.2) is 0 Å². The highest BCUT2D eigenvalue weighted by molar-refractivity contribution is 9.10. The van der Waals surface area contributed by atoms with Crippen LogP contribution in [0.25, 0.3) is 0 Å². The molecule has 0 radical (unpaired) electrons. The van der Waals surface area contributed by atoms with Gasteiger partial charge in [0.25, 0.3) is 0 Å². The minimum absolute atomic E-state index is 0. The summed E-state index contributed by atoms with van der Waals surface area (Å²) in [6.07, 6.45) is 0.630. The number of nitrogens with two attached hydrogens (primary N) is 1. The largest absolute Gasteiger partial charge is 0.496 e. The Hall–Kier alpha value is -0.780. The Morgan fingerprint density at radius 3 is 2.63 bits per heavy atom. The molecule has 1 aromatic rings. The molecular formula is C13H20BrClN2O2. The summed E-state index contributed by atoms with van der Waals surface area (Å²) in [5.41, 5.74) is 6.68. The second-order valence-electron chi connectivity index (χ2n) is 4.14. The van der Waals surface area contributed by atoms with Crippen LogP contribution in [0.4, 0.5) is 0 Å². The molecule has 0 aliphatic heterocycles. The van der Waals surface area contributed by atoms with E-state index in [4.69, 9.17) is 10.5 Å². The third-order valence-electron chi connectivity index (χ3n) is 2.81. The fourth-order valence-corrected chi connectivity index (χ4v) is 2.10. The van der Waals surface area contributed by atoms with Crippen LogP contribution in [-0.4, -0.2) is 19.1 Å². The van der Waals surface area contributed by atoms with Crippen molar-refractivity contribution in [1.82, 2.24) is 5.32 Å². The molecule has 2 atom stereocenters. The predicted octanol–water partition coefficient (Wildman–Crippen LogP) is 2.79. The first-order valence-corrected chi connectivity index (χ1v) is 6.68. The molecule has 0 saturated heterocycles. The molecule has 0 spiro atoms. The van der Waals surface area contributed by atoms with Crippen LogP contribution in [0.2, 0.25) is 0 Å². The first-order chi connectivity index (χ1) is 8.49. The maximum absolute atomic E-state index is 11.7. The van der Waals surface area contributed by atoms with Crippen LogP contribution in [0.15, 0.2) is 22.7 Å². The van der Waals surface area contributed by atoms with Gasteiger partial charge in [0.15, 0.2) is 0 Å². The molecule has 19 heavy (non-hydrogen) atoms. The van der Waals surface area contributed by atoms with Crippen molar-refractivity contribution in [2.24, 2.45) is 5.73 Å². The lowest BCUT2D eigenvalue weighted by molar-refractivity contribution is -0.123. The molecule has 1 amide bonds. The summed E-state index contributed by atoms with van der Waals surface area (Å²) in [7, 11) is 1.62. The molecule has 0 aromatic heterocycles. The highest BCUT2D eigenvalue weighted by atomic mass is 79.9. The van der Waals surface area contributed by atoms with E-state index < -0.39 is 6.04 Å². The van der Waals surface area contributed by atoms with Crippen molar-refractivity contribution < 1.29 is 9.53 Å². The number of methoxy groups -OCH3 is 1. The summed E-state index contributed by atoms with van der Waals surface area (Å²) >= 11 is 3.42. The van der Waals surface area contributed by atoms with Crippen LogP contribution in [0, 0.1) is 0 Å². The third kappa shape index (κ3) is 5.01. The molecule has 0 heterocycles. The molecule has 1 rings (SSSR count). The van der Waals surface area contributed by atoms with E-state index in [-0.39, 0.29) is 24.4 Å². The van der Waals surface area contributed by atoms with E-state index >= 15 is 0 Å². The van der Waals surface area contributed by atoms with Gasteiger partial charge in [0.1, 0.15) is 5.75 Å². The Morgan fingerprint density at radius 1 is 1.53 bits per heavy atom. The minimum atomic E-state index is -0.450. The first-order valence-electron chi connectivity index (χ1n) is 5.89. The van der Waals surface area contributed by atoms with Gasteiger partial charge in [-0.15, -0.1) is 12.4 Å². The topological polar surface area (TPSA) is 64.4 Å². The highest BCUT2D eigenvalue weighted by Gasteiger charge is 2.15. The second kappa shape index (κ2) is 8.40. The third-order valence-corrected chi connectivity index (χ3v) is 3.43. The van der Waals surface area contributed by atoms with Crippen LogP contribution >= 0.6 is 28.3 Å². The van der Waals surface area contributed by atoms with Gasteiger partial charge < -0.3 is 15.8 Å². The number of carbonyl (C=O) groups excluding carboxylic acids is 1. The number of hydrogen-bond donors (Lipinski definition) is 2. The van der Waals surface area contributed by atoms with Crippen LogP contribution in [0.3, 0.4) is 0 Å². The van der Waals surface area contributed by atoms with Crippen molar-refractivity contribution in [3.63, 3.8) is 0 Å². The zero-order valence-corrected chi connectivity index (χ0v) is 13.7. The Labute approximate surface area is 128 Å². The van der Waals surface area contributed by atoms with Gasteiger partial charge in [0.2, 0.25) is 5.91 Å². The number of ether oxygens (including phenoxy) is 1. The van der Waals surface area contributed by atoms with E-state index in [1.54, 1.807) is 7.11 Å². The number of rotatable bonds is 5. The lowest BCUT2D eigenvalue weighted by Gasteiger charge is -2.18. The second-order valence-corrected chi connectivity index (χ2v) is 4.99. The zero-order valence-electron chi connectivity index (χ0n) is 11.3. The molecule has 0 bridgehead atoms. The quantitative estimate of drug-likeness (QED) is 0.857. The molecule has 1 aromatic carbocycles. The Kier molecular flexibility index (Phi) is 8.06. The SMILES string of the molecule is CC[C@H](N)C(=O)NC(C)c1ccc(OC)c(Br)c1.Cl. The molecule has 0 aliphatic rings. The fraction of sp³-hybridized carbons (Fsp3) is 0.462. The molecule has 0 saturated carbocycles. The predicted molar refractivity (Wildman–Crippen MR) is 82.8 cm³/mol. The van der Waals surface area contributed by atoms with Gasteiger partial charge in [-0.3, -0.25) is 4.79 Å². The van der Waals surface area contributed by atoms with Crippen molar-refractivity contribution >= 4 is 34.2 Å². The van der Waals surface area contributed by atoms with E-state index in [0.717, 1.165) is 15.8 Å². The van der Waals surface area contributed by atoms with Crippen LogP contribution in [0.5, 0.6) is 5.75 Å². The van der Waals surface area contributed by atoms with Crippen molar-refractivity contribution in [2.75, 3.05) is 7.11 Å². The lowest BCUT2D eigenvalue weighted by atomic mass is 10.1. The summed E-state index contributed by atoms with van der Waals surface area (Å²) in [6.45, 7) is 3.81. The molecule has 0 aliphatic carbocycles. The minimum Gasteiger partial charge on any atom is -0.496 e. The van der Waals surface area contributed by atoms with Crippen molar-refractivity contribution in [1.29, 1.82) is 0 Å². The van der Waals surface area contributed by atoms with Gasteiger partial charge in [-0.1, -0.05) is 13.0 Å². The highest BCUT2D eigenvalue weighted by Crippen LogP contribution is 2.27. The summed E-state index contributed by atoms with van der Waals surface area (Å²) in [6, 6.07) is 5.18. The van der Waals surface area contributed by atoms with Gasteiger partial charge in [-0.2, -0.15) is 0 Å². The normalized spacial score (nSPS) is 13.1. The molecule has 108 valence electrons. The van der Waals surface area contributed by atoms with E-state index in [2.05, 4.69) is 21.2 Å².